The molecular formula is C16H30. The Hall–Kier alpha value is -0.260. The molecule has 1 rings (SSSR count). The van der Waals surface area contributed by atoms with Crippen LogP contribution in [0.2, 0.25) is 0 Å². The third kappa shape index (κ3) is 3.64. The Morgan fingerprint density at radius 3 is 2.31 bits per heavy atom. The summed E-state index contributed by atoms with van der Waals surface area (Å²) >= 11 is 0. The highest BCUT2D eigenvalue weighted by Crippen LogP contribution is 2.40. The Balaban J connectivity index is 2.64. The first-order valence-electron chi connectivity index (χ1n) is 7.16. The fraction of sp³-hybridized carbons (Fsp3) is 0.875. The summed E-state index contributed by atoms with van der Waals surface area (Å²) in [5, 5.41) is 0. The summed E-state index contributed by atoms with van der Waals surface area (Å²) in [5.74, 6) is 0.872. The SMILES string of the molecule is CCCC(C)CC(C)(C)C(C)=C1CCCC1. The van der Waals surface area contributed by atoms with Gasteiger partial charge in [0.05, 0.1) is 0 Å². The maximum atomic E-state index is 2.44. The highest BCUT2D eigenvalue weighted by Gasteiger charge is 2.25. The zero-order valence-corrected chi connectivity index (χ0v) is 12.0. The zero-order chi connectivity index (χ0) is 12.2. The van der Waals surface area contributed by atoms with Crippen LogP contribution in [0.4, 0.5) is 0 Å². The van der Waals surface area contributed by atoms with Gasteiger partial charge >= 0.3 is 0 Å². The smallest absolute Gasteiger partial charge is 0.0142 e. The normalized spacial score (nSPS) is 18.9. The van der Waals surface area contributed by atoms with Crippen LogP contribution in [0.25, 0.3) is 0 Å². The Bertz CT molecular complexity index is 237. The molecule has 0 nitrogen and oxygen atoms in total. The number of hydrogen-bond donors (Lipinski definition) is 0. The second-order valence-electron chi connectivity index (χ2n) is 6.42. The molecule has 0 radical (unpaired) electrons. The van der Waals surface area contributed by atoms with E-state index in [2.05, 4.69) is 34.6 Å². The van der Waals surface area contributed by atoms with Crippen molar-refractivity contribution in [2.75, 3.05) is 0 Å². The summed E-state index contributed by atoms with van der Waals surface area (Å²) in [5.41, 5.74) is 3.90. The molecule has 16 heavy (non-hydrogen) atoms. The van der Waals surface area contributed by atoms with Crippen LogP contribution in [-0.4, -0.2) is 0 Å². The Kier molecular flexibility index (Phi) is 5.08. The van der Waals surface area contributed by atoms with Gasteiger partial charge in [-0.3, -0.25) is 0 Å². The molecule has 0 aliphatic heterocycles. The van der Waals surface area contributed by atoms with E-state index < -0.39 is 0 Å². The minimum atomic E-state index is 0.425. The van der Waals surface area contributed by atoms with E-state index in [4.69, 9.17) is 0 Å². The quantitative estimate of drug-likeness (QED) is 0.521. The average molecular weight is 222 g/mol. The van der Waals surface area contributed by atoms with E-state index in [1.807, 2.05) is 0 Å². The molecule has 0 spiro atoms. The lowest BCUT2D eigenvalue weighted by Crippen LogP contribution is -2.18. The summed E-state index contributed by atoms with van der Waals surface area (Å²) in [6, 6.07) is 0. The maximum Gasteiger partial charge on any atom is -0.0142 e. The first kappa shape index (κ1) is 13.8. The lowest BCUT2D eigenvalue weighted by atomic mass is 9.75. The Morgan fingerprint density at radius 1 is 1.25 bits per heavy atom. The second-order valence-corrected chi connectivity index (χ2v) is 6.42. The minimum Gasteiger partial charge on any atom is -0.0707 e. The van der Waals surface area contributed by atoms with Gasteiger partial charge in [0, 0.05) is 0 Å². The molecule has 0 amide bonds. The van der Waals surface area contributed by atoms with E-state index in [0.29, 0.717) is 5.41 Å². The topological polar surface area (TPSA) is 0 Å². The predicted octanol–water partition coefficient (Wildman–Crippen LogP) is 5.73. The third-order valence-electron chi connectivity index (χ3n) is 4.39. The monoisotopic (exact) mass is 222 g/mol. The fourth-order valence-electron chi connectivity index (χ4n) is 3.27. The molecule has 1 atom stereocenters. The number of allylic oxidation sites excluding steroid dienone is 2. The zero-order valence-electron chi connectivity index (χ0n) is 12.0. The van der Waals surface area contributed by atoms with Gasteiger partial charge in [-0.25, -0.2) is 0 Å². The molecule has 1 fully saturated rings. The van der Waals surface area contributed by atoms with Gasteiger partial charge in [0.25, 0.3) is 0 Å². The van der Waals surface area contributed by atoms with Crippen LogP contribution < -0.4 is 0 Å². The molecule has 0 bridgehead atoms. The van der Waals surface area contributed by atoms with Crippen molar-refractivity contribution in [2.24, 2.45) is 11.3 Å². The summed E-state index contributed by atoms with van der Waals surface area (Å²) in [6.45, 7) is 12.0. The van der Waals surface area contributed by atoms with Gasteiger partial charge in [-0.1, -0.05) is 51.7 Å². The van der Waals surface area contributed by atoms with E-state index in [-0.39, 0.29) is 0 Å². The van der Waals surface area contributed by atoms with Gasteiger partial charge in [0.2, 0.25) is 0 Å². The summed E-state index contributed by atoms with van der Waals surface area (Å²) in [4.78, 5) is 0. The Morgan fingerprint density at radius 2 is 1.81 bits per heavy atom. The van der Waals surface area contributed by atoms with Crippen molar-refractivity contribution in [3.05, 3.63) is 11.1 Å². The highest BCUT2D eigenvalue weighted by atomic mass is 14.3. The lowest BCUT2D eigenvalue weighted by Gasteiger charge is -2.31. The van der Waals surface area contributed by atoms with Crippen LogP contribution in [0, 0.1) is 11.3 Å². The standard InChI is InChI=1S/C16H30/c1-6-9-13(2)12-16(4,5)14(3)15-10-7-8-11-15/h13H,6-12H2,1-5H3. The van der Waals surface area contributed by atoms with Crippen molar-refractivity contribution in [1.82, 2.24) is 0 Å². The molecular weight excluding hydrogens is 192 g/mol. The van der Waals surface area contributed by atoms with E-state index in [1.165, 1.54) is 44.9 Å². The lowest BCUT2D eigenvalue weighted by molar-refractivity contribution is 0.313. The molecule has 0 aromatic rings. The molecule has 0 heterocycles. The maximum absolute atomic E-state index is 2.44. The van der Waals surface area contributed by atoms with Crippen LogP contribution in [0.1, 0.15) is 79.6 Å². The fourth-order valence-corrected chi connectivity index (χ4v) is 3.27. The molecule has 1 aliphatic rings. The highest BCUT2D eigenvalue weighted by molar-refractivity contribution is 5.21. The second kappa shape index (κ2) is 5.89. The van der Waals surface area contributed by atoms with Crippen LogP contribution in [0.15, 0.2) is 11.1 Å². The summed E-state index contributed by atoms with van der Waals surface area (Å²) in [7, 11) is 0. The number of hydrogen-bond acceptors (Lipinski definition) is 0. The Labute approximate surface area is 103 Å². The van der Waals surface area contributed by atoms with Gasteiger partial charge in [-0.2, -0.15) is 0 Å². The van der Waals surface area contributed by atoms with Gasteiger partial charge in [-0.15, -0.1) is 0 Å². The van der Waals surface area contributed by atoms with Gasteiger partial charge in [-0.05, 0) is 50.4 Å². The predicted molar refractivity (Wildman–Crippen MR) is 73.6 cm³/mol. The van der Waals surface area contributed by atoms with E-state index in [1.54, 1.807) is 11.1 Å². The molecule has 0 aromatic carbocycles. The molecule has 94 valence electrons. The minimum absolute atomic E-state index is 0.425. The van der Waals surface area contributed by atoms with Crippen molar-refractivity contribution in [3.8, 4) is 0 Å². The number of rotatable bonds is 5. The van der Waals surface area contributed by atoms with Crippen LogP contribution in [-0.2, 0) is 0 Å². The first-order chi connectivity index (χ1) is 7.47. The van der Waals surface area contributed by atoms with Crippen LogP contribution in [0.3, 0.4) is 0 Å². The van der Waals surface area contributed by atoms with Gasteiger partial charge in [0.15, 0.2) is 0 Å². The summed E-state index contributed by atoms with van der Waals surface area (Å²) < 4.78 is 0. The largest absolute Gasteiger partial charge is 0.0707 e. The third-order valence-corrected chi connectivity index (χ3v) is 4.39. The molecule has 1 saturated carbocycles. The van der Waals surface area contributed by atoms with Crippen molar-refractivity contribution < 1.29 is 0 Å². The molecule has 1 aliphatic carbocycles. The average Bonchev–Trinajstić information content (AvgIpc) is 2.68. The van der Waals surface area contributed by atoms with Gasteiger partial charge in [0.1, 0.15) is 0 Å². The van der Waals surface area contributed by atoms with Crippen molar-refractivity contribution in [1.29, 1.82) is 0 Å². The van der Waals surface area contributed by atoms with Crippen LogP contribution >= 0.6 is 0 Å². The molecule has 0 heteroatoms. The van der Waals surface area contributed by atoms with Crippen molar-refractivity contribution in [2.45, 2.75) is 79.6 Å². The molecule has 0 aromatic heterocycles. The summed E-state index contributed by atoms with van der Waals surface area (Å²) in [6.07, 6.45) is 9.66. The van der Waals surface area contributed by atoms with E-state index in [0.717, 1.165) is 5.92 Å². The first-order valence-corrected chi connectivity index (χ1v) is 7.16. The van der Waals surface area contributed by atoms with Crippen molar-refractivity contribution >= 4 is 0 Å². The molecule has 1 unspecified atom stereocenters. The van der Waals surface area contributed by atoms with E-state index >= 15 is 0 Å². The van der Waals surface area contributed by atoms with Crippen molar-refractivity contribution in [3.63, 3.8) is 0 Å². The van der Waals surface area contributed by atoms with E-state index in [9.17, 15) is 0 Å². The molecule has 0 saturated heterocycles. The molecule has 0 N–H and O–H groups in total. The van der Waals surface area contributed by atoms with Crippen LogP contribution in [0.5, 0.6) is 0 Å². The van der Waals surface area contributed by atoms with Gasteiger partial charge < -0.3 is 0 Å².